The van der Waals surface area contributed by atoms with Crippen LogP contribution in [-0.4, -0.2) is 28.9 Å². The van der Waals surface area contributed by atoms with Gasteiger partial charge in [-0.15, -0.1) is 0 Å². The maximum Gasteiger partial charge on any atom is 0.326 e. The highest BCUT2D eigenvalue weighted by Gasteiger charge is 2.25. The summed E-state index contributed by atoms with van der Waals surface area (Å²) in [6.07, 6.45) is 0.637. The van der Waals surface area contributed by atoms with Crippen molar-refractivity contribution in [3.8, 4) is 0 Å². The van der Waals surface area contributed by atoms with Crippen LogP contribution in [0.25, 0.3) is 0 Å². The van der Waals surface area contributed by atoms with Crippen LogP contribution in [0.5, 0.6) is 0 Å². The molecule has 0 heterocycles. The van der Waals surface area contributed by atoms with Crippen molar-refractivity contribution in [1.29, 1.82) is 0 Å². The van der Waals surface area contributed by atoms with Crippen molar-refractivity contribution in [2.24, 2.45) is 11.7 Å². The topological polar surface area (TPSA) is 109 Å². The fourth-order valence-electron chi connectivity index (χ4n) is 1.69. The number of carbonyl (C=O) groups excluding carboxylic acids is 2. The predicted octanol–water partition coefficient (Wildman–Crippen LogP) is 1.01. The van der Waals surface area contributed by atoms with E-state index in [4.69, 9.17) is 10.8 Å². The zero-order chi connectivity index (χ0) is 15.3. The summed E-state index contributed by atoms with van der Waals surface area (Å²) in [6.45, 7) is 3.61. The Hall–Kier alpha value is -2.37. The van der Waals surface area contributed by atoms with Gasteiger partial charge < -0.3 is 16.2 Å². The van der Waals surface area contributed by atoms with Gasteiger partial charge in [-0.25, -0.2) is 4.79 Å². The number of nitrogens with two attached hydrogens (primary N) is 1. The largest absolute Gasteiger partial charge is 0.480 e. The highest BCUT2D eigenvalue weighted by atomic mass is 16.4. The van der Waals surface area contributed by atoms with Gasteiger partial charge in [0, 0.05) is 11.1 Å². The predicted molar refractivity (Wildman–Crippen MR) is 73.3 cm³/mol. The van der Waals surface area contributed by atoms with Crippen molar-refractivity contribution < 1.29 is 19.5 Å². The molecule has 1 rings (SSSR count). The first-order valence-electron chi connectivity index (χ1n) is 6.30. The SMILES string of the molecule is CCC(C)[C@H](NC(=O)c1ccc(C(N)=O)cc1)C(=O)O. The number of carboxylic acid groups (broad SMARTS) is 1. The molecule has 0 aliphatic heterocycles. The Morgan fingerprint density at radius 2 is 1.70 bits per heavy atom. The van der Waals surface area contributed by atoms with Crippen molar-refractivity contribution in [3.05, 3.63) is 35.4 Å². The summed E-state index contributed by atoms with van der Waals surface area (Å²) in [5, 5.41) is 11.6. The maximum absolute atomic E-state index is 12.0. The number of aliphatic carboxylic acids is 1. The lowest BCUT2D eigenvalue weighted by molar-refractivity contribution is -0.140. The quantitative estimate of drug-likeness (QED) is 0.721. The van der Waals surface area contributed by atoms with E-state index >= 15 is 0 Å². The Balaban J connectivity index is 2.83. The second kappa shape index (κ2) is 6.70. The second-order valence-corrected chi connectivity index (χ2v) is 4.62. The third-order valence-electron chi connectivity index (χ3n) is 3.20. The number of rotatable bonds is 6. The number of hydrogen-bond donors (Lipinski definition) is 3. The molecule has 0 spiro atoms. The van der Waals surface area contributed by atoms with Gasteiger partial charge in [0.05, 0.1) is 0 Å². The first-order valence-corrected chi connectivity index (χ1v) is 6.30. The second-order valence-electron chi connectivity index (χ2n) is 4.62. The van der Waals surface area contributed by atoms with Gasteiger partial charge in [-0.05, 0) is 30.2 Å². The summed E-state index contributed by atoms with van der Waals surface area (Å²) in [5.74, 6) is -2.32. The zero-order valence-electron chi connectivity index (χ0n) is 11.4. The molecule has 2 amide bonds. The first kappa shape index (κ1) is 15.7. The lowest BCUT2D eigenvalue weighted by atomic mass is 9.99. The van der Waals surface area contributed by atoms with Gasteiger partial charge in [-0.3, -0.25) is 9.59 Å². The van der Waals surface area contributed by atoms with Crippen LogP contribution in [0.3, 0.4) is 0 Å². The summed E-state index contributed by atoms with van der Waals surface area (Å²) in [4.78, 5) is 34.0. The summed E-state index contributed by atoms with van der Waals surface area (Å²) in [7, 11) is 0. The smallest absolute Gasteiger partial charge is 0.326 e. The van der Waals surface area contributed by atoms with Gasteiger partial charge in [0.25, 0.3) is 5.91 Å². The lowest BCUT2D eigenvalue weighted by Crippen LogP contribution is -2.45. The monoisotopic (exact) mass is 278 g/mol. The number of hydrogen-bond acceptors (Lipinski definition) is 3. The fourth-order valence-corrected chi connectivity index (χ4v) is 1.69. The minimum Gasteiger partial charge on any atom is -0.480 e. The zero-order valence-corrected chi connectivity index (χ0v) is 11.4. The molecule has 1 aromatic carbocycles. The Kier molecular flexibility index (Phi) is 5.25. The van der Waals surface area contributed by atoms with Crippen LogP contribution in [0.4, 0.5) is 0 Å². The minimum absolute atomic E-state index is 0.179. The number of nitrogens with one attached hydrogen (secondary N) is 1. The molecule has 0 aliphatic carbocycles. The Morgan fingerprint density at radius 1 is 1.20 bits per heavy atom. The van der Waals surface area contributed by atoms with E-state index in [9.17, 15) is 14.4 Å². The molecule has 0 saturated heterocycles. The van der Waals surface area contributed by atoms with E-state index in [1.807, 2.05) is 6.92 Å². The van der Waals surface area contributed by atoms with Gasteiger partial charge in [0.1, 0.15) is 6.04 Å². The molecule has 6 heteroatoms. The molecule has 1 aromatic rings. The van der Waals surface area contributed by atoms with Gasteiger partial charge in [0.15, 0.2) is 0 Å². The highest BCUT2D eigenvalue weighted by molar-refractivity contribution is 5.98. The average molecular weight is 278 g/mol. The van der Waals surface area contributed by atoms with Crippen LogP contribution in [0, 0.1) is 5.92 Å². The summed E-state index contributed by atoms with van der Waals surface area (Å²) >= 11 is 0. The fraction of sp³-hybridized carbons (Fsp3) is 0.357. The third-order valence-corrected chi connectivity index (χ3v) is 3.20. The van der Waals surface area contributed by atoms with Crippen molar-refractivity contribution in [2.45, 2.75) is 26.3 Å². The molecule has 20 heavy (non-hydrogen) atoms. The van der Waals surface area contributed by atoms with Gasteiger partial charge in [-0.2, -0.15) is 0 Å². The molecule has 4 N–H and O–H groups in total. The molecule has 1 unspecified atom stereocenters. The van der Waals surface area contributed by atoms with Crippen LogP contribution < -0.4 is 11.1 Å². The summed E-state index contributed by atoms with van der Waals surface area (Å²) in [5.41, 5.74) is 5.67. The number of amides is 2. The number of benzene rings is 1. The van der Waals surface area contributed by atoms with E-state index in [-0.39, 0.29) is 11.5 Å². The normalized spacial score (nSPS) is 13.3. The number of primary amides is 1. The molecule has 0 aliphatic rings. The first-order chi connectivity index (χ1) is 9.36. The molecular weight excluding hydrogens is 260 g/mol. The molecular formula is C14H18N2O4. The summed E-state index contributed by atoms with van der Waals surface area (Å²) < 4.78 is 0. The van der Waals surface area contributed by atoms with E-state index in [0.717, 1.165) is 0 Å². The molecule has 0 radical (unpaired) electrons. The number of carbonyl (C=O) groups is 3. The standard InChI is InChI=1S/C14H18N2O4/c1-3-8(2)11(14(19)20)16-13(18)10-6-4-9(5-7-10)12(15)17/h4-8,11H,3H2,1-2H3,(H2,15,17)(H,16,18)(H,19,20)/t8?,11-/m0/s1. The molecule has 0 aromatic heterocycles. The van der Waals surface area contributed by atoms with Gasteiger partial charge >= 0.3 is 5.97 Å². The van der Waals surface area contributed by atoms with Crippen molar-refractivity contribution in [3.63, 3.8) is 0 Å². The van der Waals surface area contributed by atoms with E-state index < -0.39 is 23.8 Å². The minimum atomic E-state index is -1.07. The third kappa shape index (κ3) is 3.81. The van der Waals surface area contributed by atoms with E-state index in [1.165, 1.54) is 24.3 Å². The average Bonchev–Trinajstić information content (AvgIpc) is 2.43. The van der Waals surface area contributed by atoms with E-state index in [0.29, 0.717) is 12.0 Å². The Morgan fingerprint density at radius 3 is 2.10 bits per heavy atom. The van der Waals surface area contributed by atoms with Crippen LogP contribution >= 0.6 is 0 Å². The molecule has 6 nitrogen and oxygen atoms in total. The van der Waals surface area contributed by atoms with E-state index in [1.54, 1.807) is 6.92 Å². The van der Waals surface area contributed by atoms with E-state index in [2.05, 4.69) is 5.32 Å². The van der Waals surface area contributed by atoms with Crippen molar-refractivity contribution in [2.75, 3.05) is 0 Å². The molecule has 2 atom stereocenters. The van der Waals surface area contributed by atoms with Crippen LogP contribution in [0.1, 0.15) is 41.0 Å². The Labute approximate surface area is 117 Å². The summed E-state index contributed by atoms with van der Waals surface area (Å²) in [6, 6.07) is 4.78. The lowest BCUT2D eigenvalue weighted by Gasteiger charge is -2.20. The molecule has 0 bridgehead atoms. The Bertz CT molecular complexity index is 510. The van der Waals surface area contributed by atoms with Crippen LogP contribution in [-0.2, 0) is 4.79 Å². The van der Waals surface area contributed by atoms with Crippen molar-refractivity contribution in [1.82, 2.24) is 5.32 Å². The maximum atomic E-state index is 12.0. The number of carboxylic acids is 1. The van der Waals surface area contributed by atoms with Gasteiger partial charge in [-0.1, -0.05) is 20.3 Å². The van der Waals surface area contributed by atoms with Crippen LogP contribution in [0.15, 0.2) is 24.3 Å². The highest BCUT2D eigenvalue weighted by Crippen LogP contribution is 2.10. The van der Waals surface area contributed by atoms with Crippen molar-refractivity contribution >= 4 is 17.8 Å². The van der Waals surface area contributed by atoms with Gasteiger partial charge in [0.2, 0.25) is 5.91 Å². The molecule has 0 saturated carbocycles. The van der Waals surface area contributed by atoms with Crippen LogP contribution in [0.2, 0.25) is 0 Å². The molecule has 108 valence electrons. The molecule has 0 fully saturated rings.